The van der Waals surface area contributed by atoms with Crippen LogP contribution in [0.15, 0.2) is 36.4 Å². The lowest BCUT2D eigenvalue weighted by Crippen LogP contribution is -2.52. The summed E-state index contributed by atoms with van der Waals surface area (Å²) >= 11 is 0. The van der Waals surface area contributed by atoms with Crippen LogP contribution in [0.3, 0.4) is 0 Å². The van der Waals surface area contributed by atoms with Gasteiger partial charge in [-0.2, -0.15) is 0 Å². The van der Waals surface area contributed by atoms with E-state index in [9.17, 15) is 9.90 Å². The summed E-state index contributed by atoms with van der Waals surface area (Å²) in [6.07, 6.45) is 1.39. The molecule has 1 amide bonds. The van der Waals surface area contributed by atoms with E-state index in [4.69, 9.17) is 9.47 Å². The van der Waals surface area contributed by atoms with Crippen molar-refractivity contribution in [3.8, 4) is 11.5 Å². The van der Waals surface area contributed by atoms with E-state index in [0.29, 0.717) is 31.0 Å². The van der Waals surface area contributed by atoms with Gasteiger partial charge in [0.1, 0.15) is 0 Å². The highest BCUT2D eigenvalue weighted by Crippen LogP contribution is 2.38. The van der Waals surface area contributed by atoms with Gasteiger partial charge in [0.25, 0.3) is 0 Å². The van der Waals surface area contributed by atoms with E-state index in [0.717, 1.165) is 17.5 Å². The van der Waals surface area contributed by atoms with Crippen molar-refractivity contribution in [3.63, 3.8) is 0 Å². The topological polar surface area (TPSA) is 71.0 Å². The molecule has 2 N–H and O–H groups in total. The van der Waals surface area contributed by atoms with Gasteiger partial charge in [-0.15, -0.1) is 0 Å². The third-order valence-electron chi connectivity index (χ3n) is 5.84. The van der Waals surface area contributed by atoms with Gasteiger partial charge in [-0.3, -0.25) is 4.79 Å². The molecule has 0 bridgehead atoms. The van der Waals surface area contributed by atoms with E-state index in [1.807, 2.05) is 24.3 Å². The molecule has 0 aromatic heterocycles. The van der Waals surface area contributed by atoms with Gasteiger partial charge < -0.3 is 24.8 Å². The second-order valence-electron chi connectivity index (χ2n) is 7.29. The summed E-state index contributed by atoms with van der Waals surface area (Å²) < 4.78 is 10.8. The number of carbonyl (C=O) groups excluding carboxylic acids is 1. The minimum atomic E-state index is -0.380. The number of hydrogen-bond donors (Lipinski definition) is 2. The van der Waals surface area contributed by atoms with Crippen LogP contribution in [0, 0.1) is 0 Å². The summed E-state index contributed by atoms with van der Waals surface area (Å²) in [5, 5.41) is 13.5. The second kappa shape index (κ2) is 7.81. The Hall–Kier alpha value is -2.57. The van der Waals surface area contributed by atoms with Crippen molar-refractivity contribution in [2.75, 3.05) is 27.4 Å². The normalized spacial score (nSPS) is 20.9. The molecule has 2 aromatic rings. The summed E-state index contributed by atoms with van der Waals surface area (Å²) in [7, 11) is 3.20. The molecule has 2 aliphatic heterocycles. The highest BCUT2D eigenvalue weighted by atomic mass is 16.5. The second-order valence-corrected chi connectivity index (χ2v) is 7.29. The monoisotopic (exact) mass is 382 g/mol. The third-order valence-corrected chi connectivity index (χ3v) is 5.84. The Morgan fingerprint density at radius 3 is 2.57 bits per heavy atom. The summed E-state index contributed by atoms with van der Waals surface area (Å²) in [4.78, 5) is 15.1. The molecule has 0 radical (unpaired) electrons. The van der Waals surface area contributed by atoms with E-state index < -0.39 is 0 Å². The molecular formula is C22H26N2O4. The zero-order valence-corrected chi connectivity index (χ0v) is 16.3. The summed E-state index contributed by atoms with van der Waals surface area (Å²) in [6.45, 7) is 1.13. The van der Waals surface area contributed by atoms with Crippen molar-refractivity contribution in [1.82, 2.24) is 10.2 Å². The largest absolute Gasteiger partial charge is 0.493 e. The van der Waals surface area contributed by atoms with Crippen LogP contribution < -0.4 is 14.8 Å². The molecule has 0 saturated heterocycles. The molecule has 6 nitrogen and oxygen atoms in total. The zero-order chi connectivity index (χ0) is 19.7. The first kappa shape index (κ1) is 18.8. The van der Waals surface area contributed by atoms with Crippen LogP contribution in [0.5, 0.6) is 11.5 Å². The zero-order valence-electron chi connectivity index (χ0n) is 16.3. The summed E-state index contributed by atoms with van der Waals surface area (Å²) in [5.74, 6) is 1.32. The maximum Gasteiger partial charge on any atom is 0.240 e. The summed E-state index contributed by atoms with van der Waals surface area (Å²) in [5.41, 5.74) is 4.47. The lowest BCUT2D eigenvalue weighted by Gasteiger charge is -2.39. The Kier molecular flexibility index (Phi) is 5.24. The number of carbonyl (C=O) groups is 1. The third kappa shape index (κ3) is 3.23. The Morgan fingerprint density at radius 1 is 1.14 bits per heavy atom. The van der Waals surface area contributed by atoms with Gasteiger partial charge in [-0.25, -0.2) is 0 Å². The van der Waals surface area contributed by atoms with Gasteiger partial charge in [0.15, 0.2) is 11.5 Å². The van der Waals surface area contributed by atoms with E-state index in [-0.39, 0.29) is 24.6 Å². The Balaban J connectivity index is 1.60. The molecule has 2 aromatic carbocycles. The molecular weight excluding hydrogens is 356 g/mol. The molecule has 6 heteroatoms. The number of methoxy groups -OCH3 is 2. The molecule has 148 valence electrons. The highest BCUT2D eigenvalue weighted by Gasteiger charge is 2.36. The Morgan fingerprint density at radius 2 is 1.86 bits per heavy atom. The van der Waals surface area contributed by atoms with Crippen LogP contribution in [0.1, 0.15) is 28.3 Å². The maximum atomic E-state index is 13.3. The van der Waals surface area contributed by atoms with Crippen molar-refractivity contribution < 1.29 is 19.4 Å². The van der Waals surface area contributed by atoms with E-state index in [2.05, 4.69) is 17.4 Å². The Labute approximate surface area is 165 Å². The lowest BCUT2D eigenvalue weighted by molar-refractivity contribution is -0.137. The van der Waals surface area contributed by atoms with Gasteiger partial charge in [-0.05, 0) is 47.2 Å². The van der Waals surface area contributed by atoms with Crippen molar-refractivity contribution in [1.29, 1.82) is 0 Å². The molecule has 2 heterocycles. The molecule has 0 saturated carbocycles. The number of fused-ring (bicyclic) bond motifs is 2. The number of nitrogens with one attached hydrogen (secondary N) is 1. The first-order chi connectivity index (χ1) is 13.7. The maximum absolute atomic E-state index is 13.3. The fourth-order valence-electron chi connectivity index (χ4n) is 4.32. The Bertz CT molecular complexity index is 883. The predicted octanol–water partition coefficient (Wildman–Crippen LogP) is 1.84. The molecule has 0 fully saturated rings. The van der Waals surface area contributed by atoms with Gasteiger partial charge in [0, 0.05) is 13.1 Å². The number of aliphatic hydroxyl groups excluding tert-OH is 1. The molecule has 2 aliphatic rings. The van der Waals surface area contributed by atoms with E-state index >= 15 is 0 Å². The highest BCUT2D eigenvalue weighted by molar-refractivity contribution is 5.83. The molecule has 2 atom stereocenters. The first-order valence-electron chi connectivity index (χ1n) is 9.62. The van der Waals surface area contributed by atoms with Crippen molar-refractivity contribution in [2.45, 2.75) is 31.5 Å². The fraction of sp³-hybridized carbons (Fsp3) is 0.409. The van der Waals surface area contributed by atoms with Crippen LogP contribution in [0.2, 0.25) is 0 Å². The predicted molar refractivity (Wildman–Crippen MR) is 106 cm³/mol. The average molecular weight is 382 g/mol. The van der Waals surface area contributed by atoms with Gasteiger partial charge in [-0.1, -0.05) is 24.3 Å². The average Bonchev–Trinajstić information content (AvgIpc) is 2.76. The number of hydrogen-bond acceptors (Lipinski definition) is 5. The number of benzene rings is 2. The van der Waals surface area contributed by atoms with Crippen LogP contribution in [-0.2, 0) is 24.2 Å². The van der Waals surface area contributed by atoms with Crippen molar-refractivity contribution in [2.24, 2.45) is 0 Å². The van der Waals surface area contributed by atoms with Gasteiger partial charge >= 0.3 is 0 Å². The molecule has 0 aliphatic carbocycles. The van der Waals surface area contributed by atoms with Crippen LogP contribution in [0.4, 0.5) is 0 Å². The number of ether oxygens (including phenoxy) is 2. The van der Waals surface area contributed by atoms with Gasteiger partial charge in [0.2, 0.25) is 5.91 Å². The fourth-order valence-corrected chi connectivity index (χ4v) is 4.32. The molecule has 1 unspecified atom stereocenters. The van der Waals surface area contributed by atoms with Gasteiger partial charge in [0.05, 0.1) is 32.9 Å². The standard InChI is InChI=1S/C22H26N2O4/c1-27-20-10-15-7-8-24(19(13-25)17(15)11-21(20)28-2)22(26)18-9-14-5-3-4-6-16(14)12-23-18/h3-6,10-11,18-19,23,25H,7-9,12-13H2,1-2H3/t18?,19-/m1/s1. The lowest BCUT2D eigenvalue weighted by atomic mass is 9.90. The summed E-state index contributed by atoms with van der Waals surface area (Å²) in [6, 6.07) is 11.4. The minimum absolute atomic E-state index is 0.0361. The SMILES string of the molecule is COc1cc2c(cc1OC)[C@@H](CO)N(C(=O)C1Cc3ccccc3CN1)CC2. The smallest absolute Gasteiger partial charge is 0.240 e. The number of nitrogens with zero attached hydrogens (tertiary/aromatic N) is 1. The van der Waals surface area contributed by atoms with E-state index in [1.54, 1.807) is 19.1 Å². The van der Waals surface area contributed by atoms with Crippen LogP contribution >= 0.6 is 0 Å². The molecule has 28 heavy (non-hydrogen) atoms. The molecule has 4 rings (SSSR count). The van der Waals surface area contributed by atoms with Crippen LogP contribution in [0.25, 0.3) is 0 Å². The molecule has 0 spiro atoms. The number of amides is 1. The number of rotatable bonds is 4. The van der Waals surface area contributed by atoms with Crippen LogP contribution in [-0.4, -0.2) is 49.3 Å². The quantitative estimate of drug-likeness (QED) is 0.844. The number of aliphatic hydroxyl groups is 1. The minimum Gasteiger partial charge on any atom is -0.493 e. The first-order valence-corrected chi connectivity index (χ1v) is 9.62. The van der Waals surface area contributed by atoms with E-state index in [1.165, 1.54) is 11.1 Å². The van der Waals surface area contributed by atoms with Crippen molar-refractivity contribution in [3.05, 3.63) is 58.7 Å². The van der Waals surface area contributed by atoms with Crippen molar-refractivity contribution >= 4 is 5.91 Å².